The number of rotatable bonds is 0. The molecule has 0 aromatic carbocycles. The molecule has 0 bridgehead atoms. The SMILES string of the molecule is CC1=CN2C(=NC2C)C(C)=C1. The van der Waals surface area contributed by atoms with Crippen LogP contribution in [-0.4, -0.2) is 16.9 Å². The summed E-state index contributed by atoms with van der Waals surface area (Å²) < 4.78 is 0. The predicted molar refractivity (Wildman–Crippen MR) is 46.3 cm³/mol. The topological polar surface area (TPSA) is 15.6 Å². The lowest BCUT2D eigenvalue weighted by atomic mass is 10.1. The van der Waals surface area contributed by atoms with Crippen molar-refractivity contribution in [3.05, 3.63) is 23.4 Å². The van der Waals surface area contributed by atoms with E-state index in [0.29, 0.717) is 6.17 Å². The fourth-order valence-electron chi connectivity index (χ4n) is 1.56. The van der Waals surface area contributed by atoms with Gasteiger partial charge in [-0.3, -0.25) is 0 Å². The summed E-state index contributed by atoms with van der Waals surface area (Å²) in [4.78, 5) is 6.60. The Morgan fingerprint density at radius 1 is 1.45 bits per heavy atom. The number of nitrogens with zero attached hydrogens (tertiary/aromatic N) is 2. The molecule has 0 spiro atoms. The van der Waals surface area contributed by atoms with Crippen molar-refractivity contribution in [3.8, 4) is 0 Å². The third-order valence-electron chi connectivity index (χ3n) is 2.10. The van der Waals surface area contributed by atoms with E-state index < -0.39 is 0 Å². The first kappa shape index (κ1) is 6.65. The summed E-state index contributed by atoms with van der Waals surface area (Å²) in [5.74, 6) is 1.14. The van der Waals surface area contributed by atoms with Gasteiger partial charge in [0.25, 0.3) is 0 Å². The number of aliphatic imine (C=N–C) groups is 1. The van der Waals surface area contributed by atoms with Crippen molar-refractivity contribution in [2.75, 3.05) is 0 Å². The molecule has 1 unspecified atom stereocenters. The molecule has 2 rings (SSSR count). The maximum Gasteiger partial charge on any atom is 0.134 e. The van der Waals surface area contributed by atoms with E-state index >= 15 is 0 Å². The average Bonchev–Trinajstić information content (AvgIpc) is 1.93. The van der Waals surface area contributed by atoms with Crippen LogP contribution in [0.2, 0.25) is 0 Å². The summed E-state index contributed by atoms with van der Waals surface area (Å²) in [7, 11) is 0. The maximum absolute atomic E-state index is 4.39. The summed E-state index contributed by atoms with van der Waals surface area (Å²) in [6.45, 7) is 6.32. The fraction of sp³-hybridized carbons (Fsp3) is 0.444. The highest BCUT2D eigenvalue weighted by atomic mass is 15.4. The van der Waals surface area contributed by atoms with Crippen LogP contribution in [0.5, 0.6) is 0 Å². The van der Waals surface area contributed by atoms with Crippen molar-refractivity contribution in [1.82, 2.24) is 4.90 Å². The molecule has 0 aromatic heterocycles. The molecular weight excluding hydrogens is 136 g/mol. The molecule has 0 saturated heterocycles. The second-order valence-electron chi connectivity index (χ2n) is 3.19. The van der Waals surface area contributed by atoms with E-state index in [1.165, 1.54) is 11.1 Å². The molecule has 0 fully saturated rings. The molecule has 1 atom stereocenters. The molecule has 58 valence electrons. The number of hydrogen-bond donors (Lipinski definition) is 0. The van der Waals surface area contributed by atoms with Gasteiger partial charge in [-0.1, -0.05) is 6.08 Å². The standard InChI is InChI=1S/C9H12N2/c1-6-4-7(2)9-10-8(3)11(9)5-6/h4-5,8H,1-3H3. The minimum absolute atomic E-state index is 0.351. The van der Waals surface area contributed by atoms with E-state index in [1.807, 2.05) is 0 Å². The Labute approximate surface area is 66.9 Å². The first-order valence-electron chi connectivity index (χ1n) is 3.92. The highest BCUT2D eigenvalue weighted by Gasteiger charge is 2.28. The van der Waals surface area contributed by atoms with Gasteiger partial charge in [-0.2, -0.15) is 0 Å². The average molecular weight is 148 g/mol. The molecule has 0 radical (unpaired) electrons. The van der Waals surface area contributed by atoms with Crippen LogP contribution in [0.4, 0.5) is 0 Å². The Kier molecular flexibility index (Phi) is 1.19. The number of fused-ring (bicyclic) bond motifs is 1. The minimum atomic E-state index is 0.351. The van der Waals surface area contributed by atoms with Crippen LogP contribution in [0, 0.1) is 0 Å². The number of amidine groups is 1. The normalized spacial score (nSPS) is 28.1. The molecule has 2 aliphatic rings. The van der Waals surface area contributed by atoms with Gasteiger partial charge in [0.15, 0.2) is 0 Å². The fourth-order valence-corrected chi connectivity index (χ4v) is 1.56. The lowest BCUT2D eigenvalue weighted by Gasteiger charge is -2.38. The van der Waals surface area contributed by atoms with E-state index in [9.17, 15) is 0 Å². The van der Waals surface area contributed by atoms with Crippen LogP contribution in [0.25, 0.3) is 0 Å². The molecule has 11 heavy (non-hydrogen) atoms. The van der Waals surface area contributed by atoms with Crippen LogP contribution in [-0.2, 0) is 0 Å². The van der Waals surface area contributed by atoms with Gasteiger partial charge in [0, 0.05) is 6.20 Å². The first-order chi connectivity index (χ1) is 5.18. The van der Waals surface area contributed by atoms with Crippen LogP contribution >= 0.6 is 0 Å². The molecule has 0 saturated carbocycles. The third kappa shape index (κ3) is 0.821. The summed E-state index contributed by atoms with van der Waals surface area (Å²) >= 11 is 0. The quantitative estimate of drug-likeness (QED) is 0.512. The zero-order valence-corrected chi connectivity index (χ0v) is 7.13. The zero-order chi connectivity index (χ0) is 8.01. The van der Waals surface area contributed by atoms with Gasteiger partial charge in [0.2, 0.25) is 0 Å². The van der Waals surface area contributed by atoms with E-state index in [-0.39, 0.29) is 0 Å². The van der Waals surface area contributed by atoms with Gasteiger partial charge in [-0.05, 0) is 31.9 Å². The van der Waals surface area contributed by atoms with Gasteiger partial charge in [-0.15, -0.1) is 0 Å². The van der Waals surface area contributed by atoms with Crippen molar-refractivity contribution in [3.63, 3.8) is 0 Å². The van der Waals surface area contributed by atoms with Gasteiger partial charge < -0.3 is 4.90 Å². The Balaban J connectivity index is 2.40. The van der Waals surface area contributed by atoms with Crippen molar-refractivity contribution in [2.45, 2.75) is 26.9 Å². The molecule has 0 aliphatic carbocycles. The molecule has 2 aliphatic heterocycles. The molecule has 0 aromatic rings. The number of allylic oxidation sites excluding steroid dienone is 2. The second kappa shape index (κ2) is 1.97. The summed E-state index contributed by atoms with van der Waals surface area (Å²) in [5.41, 5.74) is 2.59. The second-order valence-corrected chi connectivity index (χ2v) is 3.19. The smallest absolute Gasteiger partial charge is 0.134 e. The Morgan fingerprint density at radius 3 is 2.82 bits per heavy atom. The van der Waals surface area contributed by atoms with Crippen LogP contribution in [0.1, 0.15) is 20.8 Å². The van der Waals surface area contributed by atoms with Crippen LogP contribution in [0.3, 0.4) is 0 Å². The predicted octanol–water partition coefficient (Wildman–Crippen LogP) is 1.91. The summed E-state index contributed by atoms with van der Waals surface area (Å²) in [5, 5.41) is 0. The van der Waals surface area contributed by atoms with Gasteiger partial charge in [0.05, 0.1) is 0 Å². The third-order valence-corrected chi connectivity index (χ3v) is 2.10. The largest absolute Gasteiger partial charge is 0.310 e. The van der Waals surface area contributed by atoms with E-state index in [0.717, 1.165) is 5.84 Å². The Hall–Kier alpha value is -1.05. The number of hydrogen-bond acceptors (Lipinski definition) is 2. The van der Waals surface area contributed by atoms with Crippen LogP contribution in [0.15, 0.2) is 28.4 Å². The van der Waals surface area contributed by atoms with Crippen molar-refractivity contribution < 1.29 is 0 Å². The Morgan fingerprint density at radius 2 is 2.18 bits per heavy atom. The first-order valence-corrected chi connectivity index (χ1v) is 3.92. The van der Waals surface area contributed by atoms with Crippen molar-refractivity contribution in [2.24, 2.45) is 4.99 Å². The summed E-state index contributed by atoms with van der Waals surface area (Å²) in [6, 6.07) is 0. The maximum atomic E-state index is 4.39. The molecule has 2 heteroatoms. The highest BCUT2D eigenvalue weighted by molar-refractivity contribution is 6.03. The van der Waals surface area contributed by atoms with Crippen LogP contribution < -0.4 is 0 Å². The Bertz CT molecular complexity index is 284. The van der Waals surface area contributed by atoms with Gasteiger partial charge in [-0.25, -0.2) is 4.99 Å². The van der Waals surface area contributed by atoms with Crippen molar-refractivity contribution in [1.29, 1.82) is 0 Å². The minimum Gasteiger partial charge on any atom is -0.310 e. The van der Waals surface area contributed by atoms with Gasteiger partial charge in [0.1, 0.15) is 12.0 Å². The van der Waals surface area contributed by atoms with E-state index in [1.54, 1.807) is 0 Å². The highest BCUT2D eigenvalue weighted by Crippen LogP contribution is 2.25. The molecule has 2 heterocycles. The lowest BCUT2D eigenvalue weighted by Crippen LogP contribution is -2.45. The summed E-state index contributed by atoms with van der Waals surface area (Å²) in [6.07, 6.45) is 4.67. The zero-order valence-electron chi connectivity index (χ0n) is 7.13. The molecule has 0 N–H and O–H groups in total. The molecule has 2 nitrogen and oxygen atoms in total. The lowest BCUT2D eigenvalue weighted by molar-refractivity contribution is 0.378. The van der Waals surface area contributed by atoms with Crippen molar-refractivity contribution >= 4 is 5.84 Å². The molecule has 0 amide bonds. The van der Waals surface area contributed by atoms with E-state index in [4.69, 9.17) is 0 Å². The molecular formula is C9H12N2. The van der Waals surface area contributed by atoms with E-state index in [2.05, 4.69) is 42.9 Å². The van der Waals surface area contributed by atoms with Gasteiger partial charge >= 0.3 is 0 Å². The monoisotopic (exact) mass is 148 g/mol.